The van der Waals surface area contributed by atoms with Gasteiger partial charge in [0.05, 0.1) is 18.1 Å². The second-order valence-corrected chi connectivity index (χ2v) is 11.0. The van der Waals surface area contributed by atoms with Crippen LogP contribution in [-0.2, 0) is 37.4 Å². The van der Waals surface area contributed by atoms with E-state index in [0.717, 1.165) is 11.1 Å². The molecular formula is C28H32N4O6S. The fourth-order valence-corrected chi connectivity index (χ4v) is 5.48. The van der Waals surface area contributed by atoms with Crippen LogP contribution in [0.15, 0.2) is 84.0 Å². The van der Waals surface area contributed by atoms with Gasteiger partial charge in [0.25, 0.3) is 5.91 Å². The quantitative estimate of drug-likeness (QED) is 0.388. The van der Waals surface area contributed by atoms with Gasteiger partial charge in [-0.2, -0.15) is 4.31 Å². The van der Waals surface area contributed by atoms with Crippen LogP contribution in [0.25, 0.3) is 0 Å². The van der Waals surface area contributed by atoms with Crippen molar-refractivity contribution in [1.29, 1.82) is 0 Å². The van der Waals surface area contributed by atoms with Gasteiger partial charge in [-0.25, -0.2) is 8.42 Å². The molecule has 39 heavy (non-hydrogen) atoms. The molecule has 0 aliphatic carbocycles. The van der Waals surface area contributed by atoms with Crippen LogP contribution in [0.1, 0.15) is 18.1 Å². The van der Waals surface area contributed by atoms with Crippen LogP contribution in [0.5, 0.6) is 5.75 Å². The van der Waals surface area contributed by atoms with Gasteiger partial charge in [-0.15, -0.1) is 0 Å². The molecule has 10 nitrogen and oxygen atoms in total. The number of hydrogen-bond acceptors (Lipinski definition) is 7. The minimum atomic E-state index is -3.63. The van der Waals surface area contributed by atoms with E-state index in [9.17, 15) is 18.0 Å². The molecule has 1 aromatic heterocycles. The fourth-order valence-electron chi connectivity index (χ4n) is 4.07. The highest BCUT2D eigenvalue weighted by Gasteiger charge is 2.28. The van der Waals surface area contributed by atoms with E-state index in [4.69, 9.17) is 9.47 Å². The lowest BCUT2D eigenvalue weighted by molar-refractivity contribution is -0.142. The Morgan fingerprint density at radius 3 is 2.33 bits per heavy atom. The van der Waals surface area contributed by atoms with Crippen LogP contribution in [0.3, 0.4) is 0 Å². The maximum absolute atomic E-state index is 13.3. The van der Waals surface area contributed by atoms with Crippen molar-refractivity contribution < 1.29 is 27.5 Å². The second-order valence-electron chi connectivity index (χ2n) is 9.03. The summed E-state index contributed by atoms with van der Waals surface area (Å²) in [5.41, 5.74) is 1.77. The molecule has 1 saturated heterocycles. The first-order valence-electron chi connectivity index (χ1n) is 12.7. The van der Waals surface area contributed by atoms with Gasteiger partial charge in [0.1, 0.15) is 11.8 Å². The Balaban J connectivity index is 1.40. The Morgan fingerprint density at radius 2 is 1.67 bits per heavy atom. The molecule has 2 amide bonds. The van der Waals surface area contributed by atoms with Gasteiger partial charge in [-0.1, -0.05) is 30.3 Å². The fraction of sp³-hybridized carbons (Fsp3) is 0.321. The van der Waals surface area contributed by atoms with Crippen molar-refractivity contribution in [2.24, 2.45) is 0 Å². The van der Waals surface area contributed by atoms with E-state index in [1.807, 2.05) is 42.5 Å². The molecular weight excluding hydrogens is 520 g/mol. The van der Waals surface area contributed by atoms with Crippen LogP contribution in [0, 0.1) is 0 Å². The Bertz CT molecular complexity index is 1330. The standard InChI is InChI=1S/C28H32N4O6S/c1-22(28(34)30-19-23-11-13-29-14-12-23)32(20-24-5-3-2-4-6-24)27(33)21-38-25-7-9-26(10-8-25)39(35,36)31-15-17-37-18-16-31/h2-14,22H,15-21H2,1H3,(H,30,34)/t22-/m1/s1. The molecule has 1 fully saturated rings. The SMILES string of the molecule is C[C@H](C(=O)NCc1ccncc1)N(Cc1ccccc1)C(=O)COc1ccc(S(=O)(=O)N2CCOCC2)cc1. The van der Waals surface area contributed by atoms with Crippen molar-refractivity contribution >= 4 is 21.8 Å². The minimum absolute atomic E-state index is 0.147. The summed E-state index contributed by atoms with van der Waals surface area (Å²) in [6.07, 6.45) is 3.30. The lowest BCUT2D eigenvalue weighted by Gasteiger charge is -2.29. The lowest BCUT2D eigenvalue weighted by Crippen LogP contribution is -2.48. The normalized spacial score (nSPS) is 14.8. The number of ether oxygens (including phenoxy) is 2. The zero-order valence-corrected chi connectivity index (χ0v) is 22.5. The average molecular weight is 553 g/mol. The number of nitrogens with one attached hydrogen (secondary N) is 1. The molecule has 0 radical (unpaired) electrons. The molecule has 4 rings (SSSR count). The van der Waals surface area contributed by atoms with Gasteiger partial charge in [0, 0.05) is 38.6 Å². The monoisotopic (exact) mass is 552 g/mol. The van der Waals surface area contributed by atoms with Gasteiger partial charge in [0.2, 0.25) is 15.9 Å². The number of nitrogens with zero attached hydrogens (tertiary/aromatic N) is 3. The molecule has 2 heterocycles. The van der Waals surface area contributed by atoms with Gasteiger partial charge in [-0.05, 0) is 54.4 Å². The number of aromatic nitrogens is 1. The molecule has 11 heteroatoms. The van der Waals surface area contributed by atoms with Crippen LogP contribution in [0.4, 0.5) is 0 Å². The second kappa shape index (κ2) is 13.3. The zero-order valence-electron chi connectivity index (χ0n) is 21.7. The molecule has 0 unspecified atom stereocenters. The summed E-state index contributed by atoms with van der Waals surface area (Å²) in [5, 5.41) is 2.87. The summed E-state index contributed by atoms with van der Waals surface area (Å²) in [5.74, 6) is -0.331. The third-order valence-electron chi connectivity index (χ3n) is 6.37. The van der Waals surface area contributed by atoms with Crippen molar-refractivity contribution in [3.05, 3.63) is 90.3 Å². The van der Waals surface area contributed by atoms with E-state index in [1.54, 1.807) is 19.3 Å². The van der Waals surface area contributed by atoms with E-state index in [0.29, 0.717) is 38.6 Å². The Hall–Kier alpha value is -3.80. The topological polar surface area (TPSA) is 118 Å². The summed E-state index contributed by atoms with van der Waals surface area (Å²) in [7, 11) is -3.63. The number of carbonyl (C=O) groups excluding carboxylic acids is 2. The minimum Gasteiger partial charge on any atom is -0.484 e. The first-order chi connectivity index (χ1) is 18.8. The van der Waals surface area contributed by atoms with Crippen LogP contribution in [0.2, 0.25) is 0 Å². The molecule has 2 aromatic carbocycles. The number of morpholine rings is 1. The predicted octanol–water partition coefficient (Wildman–Crippen LogP) is 2.21. The number of hydrogen-bond donors (Lipinski definition) is 1. The summed E-state index contributed by atoms with van der Waals surface area (Å²) in [6, 6.07) is 18.2. The van der Waals surface area contributed by atoms with Crippen LogP contribution >= 0.6 is 0 Å². The van der Waals surface area contributed by atoms with Crippen molar-refractivity contribution in [3.63, 3.8) is 0 Å². The third-order valence-corrected chi connectivity index (χ3v) is 8.29. The smallest absolute Gasteiger partial charge is 0.261 e. The maximum atomic E-state index is 13.3. The van der Waals surface area contributed by atoms with Crippen molar-refractivity contribution in [2.75, 3.05) is 32.9 Å². The molecule has 1 atom stereocenters. The highest BCUT2D eigenvalue weighted by atomic mass is 32.2. The van der Waals surface area contributed by atoms with Crippen molar-refractivity contribution in [3.8, 4) is 5.75 Å². The number of amides is 2. The number of rotatable bonds is 11. The highest BCUT2D eigenvalue weighted by molar-refractivity contribution is 7.89. The van der Waals surface area contributed by atoms with E-state index in [2.05, 4.69) is 10.3 Å². The Kier molecular flexibility index (Phi) is 9.64. The first-order valence-corrected chi connectivity index (χ1v) is 14.1. The molecule has 206 valence electrons. The van der Waals surface area contributed by atoms with Crippen LogP contribution < -0.4 is 10.1 Å². The summed E-state index contributed by atoms with van der Waals surface area (Å²) in [6.45, 7) is 3.24. The first kappa shape index (κ1) is 28.2. The number of carbonyl (C=O) groups is 2. The number of sulfonamides is 1. The third kappa shape index (κ3) is 7.62. The van der Waals surface area contributed by atoms with Crippen molar-refractivity contribution in [2.45, 2.75) is 31.0 Å². The van der Waals surface area contributed by atoms with Gasteiger partial charge < -0.3 is 19.7 Å². The summed E-state index contributed by atoms with van der Waals surface area (Å²) < 4.78 is 38.0. The van der Waals surface area contributed by atoms with Gasteiger partial charge in [-0.3, -0.25) is 14.6 Å². The summed E-state index contributed by atoms with van der Waals surface area (Å²) >= 11 is 0. The van der Waals surface area contributed by atoms with E-state index in [1.165, 1.54) is 33.5 Å². The molecule has 1 aliphatic rings. The molecule has 1 N–H and O–H groups in total. The molecule has 0 spiro atoms. The van der Waals surface area contributed by atoms with Gasteiger partial charge >= 0.3 is 0 Å². The molecule has 0 saturated carbocycles. The maximum Gasteiger partial charge on any atom is 0.261 e. The molecule has 0 bridgehead atoms. The molecule has 3 aromatic rings. The lowest BCUT2D eigenvalue weighted by atomic mass is 10.1. The Labute approximate surface area is 228 Å². The van der Waals surface area contributed by atoms with E-state index in [-0.39, 0.29) is 29.9 Å². The van der Waals surface area contributed by atoms with Crippen molar-refractivity contribution in [1.82, 2.24) is 19.5 Å². The zero-order chi connectivity index (χ0) is 27.7. The van der Waals surface area contributed by atoms with E-state index < -0.39 is 16.1 Å². The van der Waals surface area contributed by atoms with Crippen LogP contribution in [-0.4, -0.2) is 73.4 Å². The number of benzene rings is 2. The van der Waals surface area contributed by atoms with E-state index >= 15 is 0 Å². The average Bonchev–Trinajstić information content (AvgIpc) is 2.98. The van der Waals surface area contributed by atoms with Gasteiger partial charge in [0.15, 0.2) is 6.61 Å². The summed E-state index contributed by atoms with van der Waals surface area (Å²) in [4.78, 5) is 31.8. The predicted molar refractivity (Wildman–Crippen MR) is 144 cm³/mol. The molecule has 1 aliphatic heterocycles. The largest absolute Gasteiger partial charge is 0.484 e. The number of pyridine rings is 1. The highest BCUT2D eigenvalue weighted by Crippen LogP contribution is 2.21. The Morgan fingerprint density at radius 1 is 1.00 bits per heavy atom.